The van der Waals surface area contributed by atoms with E-state index in [1.165, 1.54) is 195 Å². The molecule has 17 heteroatoms. The number of fused-ring (bicyclic) bond motifs is 6. The summed E-state index contributed by atoms with van der Waals surface area (Å²) in [7, 11) is 0. The molecule has 6 aliphatic heterocycles. The first-order valence-electron chi connectivity index (χ1n) is 56.1. The number of nitrogens with zero attached hydrogens (tertiary/aromatic N) is 4. The number of aliphatic hydroxyl groups is 10. The van der Waals surface area contributed by atoms with E-state index in [9.17, 15) is 56.2 Å². The van der Waals surface area contributed by atoms with Gasteiger partial charge in [-0.25, -0.2) is 0 Å². The topological polar surface area (TPSA) is 260 Å². The van der Waals surface area contributed by atoms with Crippen LogP contribution in [0.2, 0.25) is 0 Å². The summed E-state index contributed by atoms with van der Waals surface area (Å²) in [4.78, 5) is 10.4. The summed E-state index contributed by atoms with van der Waals surface area (Å²) in [5, 5.41) is 131. The predicted octanol–water partition coefficient (Wildman–Crippen LogP) is 18.1. The highest BCUT2D eigenvalue weighted by Gasteiger charge is 2.68. The van der Waals surface area contributed by atoms with Gasteiger partial charge < -0.3 is 66.8 Å². The summed E-state index contributed by atoms with van der Waals surface area (Å²) in [6.07, 6.45) is 49.7. The fourth-order valence-electron chi connectivity index (χ4n) is 31.3. The van der Waals surface area contributed by atoms with E-state index in [1.54, 1.807) is 0 Å². The Bertz CT molecular complexity index is 4730. The number of aryl methyl sites for hydroxylation is 5. The lowest BCUT2D eigenvalue weighted by Crippen LogP contribution is -2.72. The molecule has 138 heavy (non-hydrogen) atoms. The van der Waals surface area contributed by atoms with E-state index in [0.717, 1.165) is 249 Å². The molecule has 6 heterocycles. The van der Waals surface area contributed by atoms with Crippen molar-refractivity contribution in [1.29, 1.82) is 0 Å². The van der Waals surface area contributed by atoms with Crippen LogP contribution >= 0.6 is 0 Å². The van der Waals surface area contributed by atoms with Crippen LogP contribution in [-0.4, -0.2) is 233 Å². The standard InChI is InChI=1S/2C22H33NO2.C22H31NO.C21H29NO2.2C17H25NO2/c2*1-17-7-9-18(10-8-17)15-20-22(25)12-3-2-11-21(22,24)13-14-23(20)16-19-5-4-6-19;1-16-7-8-18-14-20-22(24)10-3-2-9-21(22,19(18)13-16)11-12-23(20)15-17-5-4-6-17;23-17-7-6-16-12-19-21(24)9-2-1-8-20(21,18(16)13-17)10-11-22(19)14-15-4-3-5-15;2*1-13-4-6-14(7-5-13)12-15-17(20)9-3-2-8-16(17,19)10-11-18-15/h2*7-10,19-20,24-25H,2-6,11-16H2,1H3;7-8,13,17,20,24H,2-6,9-12,14-15H2,1H3;6-7,13,15,19,23-24H,1-5,8-12,14H2;2*4-7,15,18-20H,2-3,8-12H2,1H3/t20-,21+,22+;20-,21-,22-;20-,21+,22-;19-,20+,21-;15-,16+,17+;15-,16-,17-/m001100/s1. The van der Waals surface area contributed by atoms with Gasteiger partial charge in [-0.2, -0.15) is 0 Å². The minimum atomic E-state index is -0.978. The van der Waals surface area contributed by atoms with Gasteiger partial charge >= 0.3 is 0 Å². The summed E-state index contributed by atoms with van der Waals surface area (Å²) >= 11 is 0. The van der Waals surface area contributed by atoms with Gasteiger partial charge in [0.15, 0.2) is 0 Å². The van der Waals surface area contributed by atoms with E-state index in [-0.39, 0.29) is 41.0 Å². The third-order valence-corrected chi connectivity index (χ3v) is 40.9. The average molecular weight is 1890 g/mol. The highest BCUT2D eigenvalue weighted by molar-refractivity contribution is 5.50. The monoisotopic (exact) mass is 1890 g/mol. The second-order valence-electron chi connectivity index (χ2n) is 49.0. The lowest BCUT2D eigenvalue weighted by atomic mass is 9.49. The molecule has 0 radical (unpaired) electrons. The molecule has 0 aromatic heterocycles. The summed E-state index contributed by atoms with van der Waals surface area (Å²) in [6, 6.07) is 47.8. The number of nitrogens with one attached hydrogen (secondary N) is 2. The van der Waals surface area contributed by atoms with E-state index in [0.29, 0.717) is 37.5 Å². The van der Waals surface area contributed by atoms with Gasteiger partial charge in [-0.15, -0.1) is 0 Å². The molecule has 16 fully saturated rings. The van der Waals surface area contributed by atoms with Crippen molar-refractivity contribution in [1.82, 2.24) is 30.2 Å². The van der Waals surface area contributed by atoms with Crippen LogP contribution in [0.15, 0.2) is 133 Å². The molecule has 10 saturated carbocycles. The molecule has 4 bridgehead atoms. The predicted molar refractivity (Wildman–Crippen MR) is 552 cm³/mol. The van der Waals surface area contributed by atoms with Gasteiger partial charge in [0, 0.05) is 86.3 Å². The van der Waals surface area contributed by atoms with Gasteiger partial charge in [0.25, 0.3) is 0 Å². The van der Waals surface area contributed by atoms with Crippen molar-refractivity contribution in [3.8, 4) is 5.75 Å². The molecule has 0 unspecified atom stereocenters. The van der Waals surface area contributed by atoms with Crippen LogP contribution < -0.4 is 10.6 Å². The highest BCUT2D eigenvalue weighted by Crippen LogP contribution is 2.62. The Morgan fingerprint density at radius 2 is 0.551 bits per heavy atom. The van der Waals surface area contributed by atoms with Crippen molar-refractivity contribution in [2.45, 2.75) is 446 Å². The maximum Gasteiger partial charge on any atom is 0.115 e. The number of hydrogen-bond donors (Lipinski definition) is 13. The lowest BCUT2D eigenvalue weighted by Gasteiger charge is -2.64. The Labute approximate surface area is 828 Å². The maximum atomic E-state index is 12.0. The molecular formula is C121H176N6O11. The van der Waals surface area contributed by atoms with Gasteiger partial charge in [0.1, 0.15) is 28.2 Å². The van der Waals surface area contributed by atoms with Crippen LogP contribution in [0.1, 0.15) is 342 Å². The van der Waals surface area contributed by atoms with Gasteiger partial charge in [0.05, 0.1) is 33.6 Å². The lowest BCUT2D eigenvalue weighted by molar-refractivity contribution is -0.236. The number of phenols is 1. The van der Waals surface area contributed by atoms with Crippen molar-refractivity contribution in [3.05, 3.63) is 206 Å². The normalized spacial score (nSPS) is 37.7. The summed E-state index contributed by atoms with van der Waals surface area (Å²) in [5.74, 6) is 3.68. The van der Waals surface area contributed by atoms with Crippen molar-refractivity contribution < 1.29 is 56.2 Å². The molecule has 756 valence electrons. The molecule has 0 spiro atoms. The van der Waals surface area contributed by atoms with Crippen LogP contribution in [0, 0.1) is 58.3 Å². The number of likely N-dealkylation sites (tertiary alicyclic amines) is 4. The van der Waals surface area contributed by atoms with E-state index >= 15 is 0 Å². The summed E-state index contributed by atoms with van der Waals surface area (Å²) < 4.78 is 0. The zero-order valence-electron chi connectivity index (χ0n) is 85.2. The quantitative estimate of drug-likeness (QED) is 0.0430. The molecule has 24 rings (SSSR count). The highest BCUT2D eigenvalue weighted by atomic mass is 16.4. The van der Waals surface area contributed by atoms with Crippen molar-refractivity contribution in [3.63, 3.8) is 0 Å². The largest absolute Gasteiger partial charge is 0.508 e. The van der Waals surface area contributed by atoms with Crippen molar-refractivity contribution >= 4 is 0 Å². The van der Waals surface area contributed by atoms with E-state index in [2.05, 4.69) is 186 Å². The molecule has 6 saturated heterocycles. The first kappa shape index (κ1) is 101. The molecule has 6 aromatic carbocycles. The minimum Gasteiger partial charge on any atom is -0.508 e. The van der Waals surface area contributed by atoms with Gasteiger partial charge in [-0.1, -0.05) is 252 Å². The van der Waals surface area contributed by atoms with E-state index < -0.39 is 56.0 Å². The summed E-state index contributed by atoms with van der Waals surface area (Å²) in [6.45, 7) is 20.9. The summed E-state index contributed by atoms with van der Waals surface area (Å²) in [5.41, 5.74) is 8.38. The molecule has 13 N–H and O–H groups in total. The third-order valence-electron chi connectivity index (χ3n) is 40.9. The molecule has 17 nitrogen and oxygen atoms in total. The number of phenolic OH excluding ortho intramolecular Hbond substituents is 1. The Hall–Kier alpha value is -5.52. The first-order valence-corrected chi connectivity index (χ1v) is 56.1. The van der Waals surface area contributed by atoms with Gasteiger partial charge in [-0.05, 0) is 347 Å². The average Bonchev–Trinajstić information content (AvgIpc) is 0.690. The van der Waals surface area contributed by atoms with Crippen LogP contribution in [0.4, 0.5) is 0 Å². The Morgan fingerprint density at radius 1 is 0.268 bits per heavy atom. The molecular weight excluding hydrogens is 1710 g/mol. The number of hydrogen-bond acceptors (Lipinski definition) is 17. The number of rotatable bonds is 16. The van der Waals surface area contributed by atoms with Crippen LogP contribution in [0.25, 0.3) is 0 Å². The van der Waals surface area contributed by atoms with Crippen LogP contribution in [0.3, 0.4) is 0 Å². The second-order valence-corrected chi connectivity index (χ2v) is 49.0. The second kappa shape index (κ2) is 41.4. The Kier molecular flexibility index (Phi) is 30.4. The molecule has 6 aromatic rings. The number of benzene rings is 6. The SMILES string of the molecule is Cc1ccc(C[C@@H]2N(CC3CCC3)CC[C@@]3(O)CCCC[C@]23O)cc1.Cc1ccc(C[C@@H]2N(CC3CCC3)CC[C@]3(O)CCCC[C@@]23O)cc1.Cc1ccc(C[C@@H]2NCC[C@@]3(O)CCCC[C@]23O)cc1.Cc1ccc(C[C@@H]2NCC[C@]3(O)CCCC[C@@]23O)cc1.Cc1ccc2c(c1)[C@@]13CCCC[C@@]1(O)[C@@H](C2)N(CC1CCC1)CC3.Oc1ccc2c(c1)[C@@]13CCCC[C@@]1(O)[C@@H](C2)N(CC1CCC1)CC3. The fourth-order valence-corrected chi connectivity index (χ4v) is 31.3. The molecule has 18 aliphatic rings. The van der Waals surface area contributed by atoms with E-state index in [4.69, 9.17) is 0 Å². The van der Waals surface area contributed by atoms with Crippen molar-refractivity contribution in [2.75, 3.05) is 65.4 Å². The smallest absolute Gasteiger partial charge is 0.115 e. The zero-order valence-corrected chi connectivity index (χ0v) is 85.2. The van der Waals surface area contributed by atoms with Gasteiger partial charge in [0.2, 0.25) is 0 Å². The zero-order chi connectivity index (χ0) is 96.1. The minimum absolute atomic E-state index is 0.0334. The number of aromatic hydroxyl groups is 1. The molecule has 0 amide bonds. The maximum absolute atomic E-state index is 12.0. The Morgan fingerprint density at radius 3 is 0.899 bits per heavy atom. The van der Waals surface area contributed by atoms with E-state index in [1.807, 2.05) is 12.1 Å². The fraction of sp³-hybridized carbons (Fsp3) is 0.702. The molecule has 18 atom stereocenters. The third kappa shape index (κ3) is 19.6. The molecule has 12 aliphatic carbocycles. The van der Waals surface area contributed by atoms with Crippen LogP contribution in [0.5, 0.6) is 5.75 Å². The number of piperidine rings is 6. The van der Waals surface area contributed by atoms with Gasteiger partial charge in [-0.3, -0.25) is 19.6 Å². The van der Waals surface area contributed by atoms with Crippen LogP contribution in [-0.2, 0) is 49.4 Å². The first-order chi connectivity index (χ1) is 66.3. The van der Waals surface area contributed by atoms with Crippen molar-refractivity contribution in [2.24, 2.45) is 23.7 Å². The Balaban J connectivity index is 0.000000106.